The number of rotatable bonds is 8. The number of ether oxygens (including phenoxy) is 2. The van der Waals surface area contributed by atoms with Crippen molar-refractivity contribution >= 4 is 55.8 Å². The number of hydrogen-bond donors (Lipinski definition) is 1. The number of amides is 1. The van der Waals surface area contributed by atoms with E-state index in [0.29, 0.717) is 17.3 Å². The lowest BCUT2D eigenvalue weighted by Gasteiger charge is -2.30. The van der Waals surface area contributed by atoms with Crippen molar-refractivity contribution in [1.29, 1.82) is 0 Å². The van der Waals surface area contributed by atoms with Crippen LogP contribution in [-0.4, -0.2) is 60.3 Å². The fraction of sp³-hybridized carbons (Fsp3) is 0.464. The van der Waals surface area contributed by atoms with Gasteiger partial charge in [0.2, 0.25) is 5.91 Å². The van der Waals surface area contributed by atoms with Gasteiger partial charge in [0.05, 0.1) is 65.7 Å². The van der Waals surface area contributed by atoms with Crippen molar-refractivity contribution in [3.8, 4) is 0 Å². The number of nitrogens with one attached hydrogen (secondary N) is 1. The Kier molecular flexibility index (Phi) is 8.45. The minimum Gasteiger partial charge on any atom is -0.469 e. The highest BCUT2D eigenvalue weighted by Crippen LogP contribution is 2.32. The largest absolute Gasteiger partial charge is 0.469 e. The molecule has 5 rings (SSSR count). The molecule has 3 aromatic rings. The number of likely N-dealkylation sites (tertiary alicyclic amines) is 1. The summed E-state index contributed by atoms with van der Waals surface area (Å²) in [6.45, 7) is 0.373. The fourth-order valence-corrected chi connectivity index (χ4v) is 6.42. The third-order valence-electron chi connectivity index (χ3n) is 7.34. The van der Waals surface area contributed by atoms with Gasteiger partial charge in [-0.05, 0) is 55.5 Å². The van der Waals surface area contributed by atoms with Gasteiger partial charge in [-0.3, -0.25) is 9.59 Å². The number of hydrogen-bond acceptors (Lipinski definition) is 7. The highest BCUT2D eigenvalue weighted by Gasteiger charge is 2.36. The van der Waals surface area contributed by atoms with Gasteiger partial charge in [-0.25, -0.2) is 9.37 Å². The van der Waals surface area contributed by atoms with Crippen molar-refractivity contribution in [3.63, 3.8) is 0 Å². The number of aromatic nitrogens is 1. The van der Waals surface area contributed by atoms with Crippen molar-refractivity contribution in [1.82, 2.24) is 9.88 Å². The molecular formula is C28H31ClFN3O4S. The smallest absolute Gasteiger partial charge is 0.308 e. The Labute approximate surface area is 230 Å². The lowest BCUT2D eigenvalue weighted by molar-refractivity contribution is -0.148. The predicted octanol–water partition coefficient (Wildman–Crippen LogP) is 5.92. The second kappa shape index (κ2) is 12.0. The van der Waals surface area contributed by atoms with Gasteiger partial charge in [-0.2, -0.15) is 0 Å². The first-order valence-corrected chi connectivity index (χ1v) is 14.1. The van der Waals surface area contributed by atoms with Crippen molar-refractivity contribution in [3.05, 3.63) is 53.1 Å². The minimum atomic E-state index is -1.06. The summed E-state index contributed by atoms with van der Waals surface area (Å²) in [5.74, 6) is -0.387. The Bertz CT molecular complexity index is 1260. The molecule has 1 saturated heterocycles. The maximum atomic E-state index is 14.3. The maximum Gasteiger partial charge on any atom is 0.308 e. The molecule has 38 heavy (non-hydrogen) atoms. The van der Waals surface area contributed by atoms with Crippen LogP contribution >= 0.6 is 22.9 Å². The molecule has 10 heteroatoms. The molecule has 202 valence electrons. The number of thiazole rings is 1. The van der Waals surface area contributed by atoms with Gasteiger partial charge in [0.15, 0.2) is 5.13 Å². The number of fused-ring (bicyclic) bond motifs is 1. The van der Waals surface area contributed by atoms with E-state index in [2.05, 4.69) is 10.3 Å². The second-order valence-electron chi connectivity index (χ2n) is 9.97. The second-order valence-corrected chi connectivity index (χ2v) is 11.4. The number of halogens is 2. The molecule has 0 radical (unpaired) electrons. The molecule has 1 amide bonds. The SMILES string of the molecule is COC(=O)C1CCC(OC[C@@H]2C[C@H](F)CN2C(=O)Cc2ccc(Nc3nc4ccccc4s3)c(Cl)c2)CC1. The molecule has 1 N–H and O–H groups in total. The summed E-state index contributed by atoms with van der Waals surface area (Å²) >= 11 is 8.07. The molecule has 1 aromatic heterocycles. The van der Waals surface area contributed by atoms with E-state index in [1.807, 2.05) is 36.4 Å². The van der Waals surface area contributed by atoms with Crippen LogP contribution in [0, 0.1) is 5.92 Å². The number of benzene rings is 2. The summed E-state index contributed by atoms with van der Waals surface area (Å²) in [4.78, 5) is 31.1. The number of carbonyl (C=O) groups is 2. The quantitative estimate of drug-likeness (QED) is 0.345. The van der Waals surface area contributed by atoms with E-state index < -0.39 is 6.17 Å². The zero-order valence-corrected chi connectivity index (χ0v) is 22.8. The topological polar surface area (TPSA) is 80.8 Å². The molecule has 2 aliphatic rings. The standard InChI is InChI=1S/C28H31ClFN3O4S/c1-36-27(35)18-7-9-21(10-8-18)37-16-20-14-19(30)15-33(20)26(34)13-17-6-11-23(22(29)12-17)31-28-32-24-4-2-3-5-25(24)38-28/h2-6,11-12,18-21H,7-10,13-16H2,1H3,(H,31,32)/t18?,19-,20-,21?/m0/s1. The molecule has 2 atom stereocenters. The maximum absolute atomic E-state index is 14.3. The third kappa shape index (κ3) is 6.27. The van der Waals surface area contributed by atoms with Gasteiger partial charge in [0.1, 0.15) is 6.17 Å². The predicted molar refractivity (Wildman–Crippen MR) is 147 cm³/mol. The summed E-state index contributed by atoms with van der Waals surface area (Å²) in [6, 6.07) is 13.1. The molecule has 1 saturated carbocycles. The van der Waals surface area contributed by atoms with Gasteiger partial charge in [0, 0.05) is 6.42 Å². The minimum absolute atomic E-state index is 0.0146. The van der Waals surface area contributed by atoms with E-state index in [9.17, 15) is 14.0 Å². The highest BCUT2D eigenvalue weighted by atomic mass is 35.5. The Hall–Kier alpha value is -2.75. The first-order valence-electron chi connectivity index (χ1n) is 12.9. The van der Waals surface area contributed by atoms with Crippen molar-refractivity contribution < 1.29 is 23.5 Å². The Morgan fingerprint density at radius 3 is 2.71 bits per heavy atom. The van der Waals surface area contributed by atoms with Crippen LogP contribution in [0.4, 0.5) is 15.2 Å². The average molecular weight is 560 g/mol. The zero-order chi connectivity index (χ0) is 26.6. The number of anilines is 2. The normalized spacial score (nSPS) is 23.5. The summed E-state index contributed by atoms with van der Waals surface area (Å²) in [7, 11) is 1.41. The van der Waals surface area contributed by atoms with Crippen LogP contribution in [0.1, 0.15) is 37.7 Å². The molecule has 2 heterocycles. The zero-order valence-electron chi connectivity index (χ0n) is 21.2. The summed E-state index contributed by atoms with van der Waals surface area (Å²) < 4.78 is 26.3. The Balaban J connectivity index is 1.15. The Morgan fingerprint density at radius 2 is 1.97 bits per heavy atom. The number of nitrogens with zero attached hydrogens (tertiary/aromatic N) is 2. The molecule has 2 fully saturated rings. The van der Waals surface area contributed by atoms with Gasteiger partial charge in [0.25, 0.3) is 0 Å². The van der Waals surface area contributed by atoms with E-state index >= 15 is 0 Å². The fourth-order valence-electron chi connectivity index (χ4n) is 5.29. The van der Waals surface area contributed by atoms with E-state index in [0.717, 1.165) is 46.6 Å². The summed E-state index contributed by atoms with van der Waals surface area (Å²) in [6.07, 6.45) is 2.32. The number of alkyl halides is 1. The van der Waals surface area contributed by atoms with Gasteiger partial charge < -0.3 is 19.7 Å². The van der Waals surface area contributed by atoms with Gasteiger partial charge >= 0.3 is 5.97 Å². The van der Waals surface area contributed by atoms with Crippen LogP contribution in [0.3, 0.4) is 0 Å². The molecule has 0 bridgehead atoms. The molecule has 0 unspecified atom stereocenters. The third-order valence-corrected chi connectivity index (χ3v) is 8.61. The number of para-hydroxylation sites is 1. The molecule has 1 aliphatic carbocycles. The molecule has 0 spiro atoms. The van der Waals surface area contributed by atoms with E-state index in [1.54, 1.807) is 22.3 Å². The van der Waals surface area contributed by atoms with Gasteiger partial charge in [-0.1, -0.05) is 41.1 Å². The molecule has 2 aromatic carbocycles. The van der Waals surface area contributed by atoms with E-state index in [1.165, 1.54) is 7.11 Å². The van der Waals surface area contributed by atoms with Crippen LogP contribution in [0.2, 0.25) is 5.02 Å². The van der Waals surface area contributed by atoms with E-state index in [4.69, 9.17) is 21.1 Å². The molecule has 7 nitrogen and oxygen atoms in total. The van der Waals surface area contributed by atoms with E-state index in [-0.39, 0.29) is 49.3 Å². The number of methoxy groups -OCH3 is 1. The summed E-state index contributed by atoms with van der Waals surface area (Å²) in [5, 5.41) is 4.49. The van der Waals surface area contributed by atoms with Crippen molar-refractivity contribution in [2.75, 3.05) is 25.6 Å². The average Bonchev–Trinajstić information content (AvgIpc) is 3.51. The van der Waals surface area contributed by atoms with Crippen LogP contribution in [0.15, 0.2) is 42.5 Å². The van der Waals surface area contributed by atoms with Crippen LogP contribution in [-0.2, 0) is 25.5 Å². The Morgan fingerprint density at radius 1 is 1.18 bits per heavy atom. The van der Waals surface area contributed by atoms with Crippen molar-refractivity contribution in [2.45, 2.75) is 56.8 Å². The molecule has 1 aliphatic heterocycles. The monoisotopic (exact) mass is 559 g/mol. The number of esters is 1. The van der Waals surface area contributed by atoms with Crippen LogP contribution in [0.5, 0.6) is 0 Å². The first kappa shape index (κ1) is 26.8. The van der Waals surface area contributed by atoms with Crippen molar-refractivity contribution in [2.24, 2.45) is 5.92 Å². The molecular weight excluding hydrogens is 529 g/mol. The number of carbonyl (C=O) groups excluding carboxylic acids is 2. The van der Waals surface area contributed by atoms with Crippen LogP contribution in [0.25, 0.3) is 10.2 Å². The van der Waals surface area contributed by atoms with Gasteiger partial charge in [-0.15, -0.1) is 0 Å². The van der Waals surface area contributed by atoms with Crippen LogP contribution < -0.4 is 5.32 Å². The highest BCUT2D eigenvalue weighted by molar-refractivity contribution is 7.22. The summed E-state index contributed by atoms with van der Waals surface area (Å²) in [5.41, 5.74) is 2.39. The lowest BCUT2D eigenvalue weighted by Crippen LogP contribution is -2.40. The lowest BCUT2D eigenvalue weighted by atomic mass is 9.87. The first-order chi connectivity index (χ1) is 18.4.